The molecule has 0 amide bonds. The van der Waals surface area contributed by atoms with Gasteiger partial charge in [0, 0.05) is 30.6 Å². The largest absolute Gasteiger partial charge is 0.491 e. The van der Waals surface area contributed by atoms with Crippen LogP contribution >= 0.6 is 0 Å². The van der Waals surface area contributed by atoms with Crippen molar-refractivity contribution >= 4 is 11.5 Å². The highest BCUT2D eigenvalue weighted by atomic mass is 16.5. The van der Waals surface area contributed by atoms with Crippen LogP contribution in [0, 0.1) is 0 Å². The smallest absolute Gasteiger partial charge is 0.137 e. The van der Waals surface area contributed by atoms with Gasteiger partial charge in [-0.2, -0.15) is 0 Å². The molecule has 2 aliphatic heterocycles. The second-order valence-corrected chi connectivity index (χ2v) is 6.25. The Balaban J connectivity index is 1.79. The Morgan fingerprint density at radius 3 is 2.25 bits per heavy atom. The van der Waals surface area contributed by atoms with Gasteiger partial charge in [-0.25, -0.2) is 0 Å². The minimum Gasteiger partial charge on any atom is -0.491 e. The summed E-state index contributed by atoms with van der Waals surface area (Å²) in [6.45, 7) is 4.07. The molecule has 2 bridgehead atoms. The summed E-state index contributed by atoms with van der Waals surface area (Å²) in [6.07, 6.45) is 5.20. The van der Waals surface area contributed by atoms with Crippen LogP contribution in [-0.4, -0.2) is 24.0 Å². The topological polar surface area (TPSA) is 29.5 Å². The first-order chi connectivity index (χ1) is 9.63. The first-order valence-corrected chi connectivity index (χ1v) is 7.70. The predicted octanol–water partition coefficient (Wildman–Crippen LogP) is 3.56. The van der Waals surface area contributed by atoms with Gasteiger partial charge in [0.1, 0.15) is 11.5 Å². The van der Waals surface area contributed by atoms with Crippen molar-refractivity contribution < 1.29 is 9.53 Å². The molecule has 3 nitrogen and oxygen atoms in total. The molecule has 0 aromatic heterocycles. The first-order valence-electron chi connectivity index (χ1n) is 7.70. The van der Waals surface area contributed by atoms with Gasteiger partial charge in [0.05, 0.1) is 6.10 Å². The van der Waals surface area contributed by atoms with E-state index in [0.717, 1.165) is 31.4 Å². The fourth-order valence-electron chi connectivity index (χ4n) is 3.57. The molecule has 1 aromatic carbocycles. The molecule has 3 rings (SSSR count). The molecular weight excluding hydrogens is 250 g/mol. The van der Waals surface area contributed by atoms with Crippen LogP contribution in [0.5, 0.6) is 5.75 Å². The van der Waals surface area contributed by atoms with Crippen LogP contribution < -0.4 is 9.64 Å². The number of nitrogens with zero attached hydrogens (tertiary/aromatic N) is 1. The Labute approximate surface area is 120 Å². The SMILES string of the molecule is CC(C)Oc1ccc(N2C3CCCC2CC(=O)C3)cc1. The predicted molar refractivity (Wildman–Crippen MR) is 80.4 cm³/mol. The van der Waals surface area contributed by atoms with E-state index in [-0.39, 0.29) is 6.10 Å². The number of rotatable bonds is 3. The number of hydrogen-bond acceptors (Lipinski definition) is 3. The Morgan fingerprint density at radius 2 is 1.70 bits per heavy atom. The molecule has 3 heteroatoms. The van der Waals surface area contributed by atoms with E-state index in [0.29, 0.717) is 17.9 Å². The summed E-state index contributed by atoms with van der Waals surface area (Å²) in [5.74, 6) is 1.36. The van der Waals surface area contributed by atoms with Crippen molar-refractivity contribution in [3.8, 4) is 5.75 Å². The molecule has 0 N–H and O–H groups in total. The van der Waals surface area contributed by atoms with Crippen molar-refractivity contribution in [2.24, 2.45) is 0 Å². The van der Waals surface area contributed by atoms with Crippen molar-refractivity contribution in [3.63, 3.8) is 0 Å². The summed E-state index contributed by atoms with van der Waals surface area (Å²) in [5.41, 5.74) is 1.24. The number of anilines is 1. The summed E-state index contributed by atoms with van der Waals surface area (Å²) in [7, 11) is 0. The van der Waals surface area contributed by atoms with E-state index in [1.807, 2.05) is 26.0 Å². The van der Waals surface area contributed by atoms with Crippen molar-refractivity contribution in [1.82, 2.24) is 0 Å². The quantitative estimate of drug-likeness (QED) is 0.843. The van der Waals surface area contributed by atoms with Gasteiger partial charge in [-0.15, -0.1) is 0 Å². The fourth-order valence-corrected chi connectivity index (χ4v) is 3.57. The zero-order valence-electron chi connectivity index (χ0n) is 12.3. The van der Waals surface area contributed by atoms with E-state index in [1.54, 1.807) is 0 Å². The third kappa shape index (κ3) is 2.67. The lowest BCUT2D eigenvalue weighted by atomic mass is 9.83. The number of hydrogen-bond donors (Lipinski definition) is 0. The maximum atomic E-state index is 11.8. The Morgan fingerprint density at radius 1 is 1.10 bits per heavy atom. The highest BCUT2D eigenvalue weighted by Crippen LogP contribution is 2.36. The normalized spacial score (nSPS) is 25.9. The van der Waals surface area contributed by atoms with Crippen molar-refractivity contribution in [1.29, 1.82) is 0 Å². The van der Waals surface area contributed by atoms with Crippen LogP contribution in [0.4, 0.5) is 5.69 Å². The second-order valence-electron chi connectivity index (χ2n) is 6.25. The van der Waals surface area contributed by atoms with Gasteiger partial charge in [-0.05, 0) is 57.4 Å². The Kier molecular flexibility index (Phi) is 3.68. The van der Waals surface area contributed by atoms with E-state index in [2.05, 4.69) is 17.0 Å². The van der Waals surface area contributed by atoms with Gasteiger partial charge >= 0.3 is 0 Å². The molecule has 2 unspecified atom stereocenters. The van der Waals surface area contributed by atoms with Gasteiger partial charge in [0.2, 0.25) is 0 Å². The molecule has 2 atom stereocenters. The Bertz CT molecular complexity index is 464. The molecule has 2 heterocycles. The summed E-state index contributed by atoms with van der Waals surface area (Å²) in [5, 5.41) is 0. The molecular formula is C17H23NO2. The monoisotopic (exact) mass is 273 g/mol. The molecule has 20 heavy (non-hydrogen) atoms. The number of carbonyl (C=O) groups excluding carboxylic acids is 1. The van der Waals surface area contributed by atoms with Gasteiger partial charge in [0.15, 0.2) is 0 Å². The van der Waals surface area contributed by atoms with E-state index in [4.69, 9.17) is 4.74 Å². The molecule has 108 valence electrons. The second kappa shape index (κ2) is 5.47. The van der Waals surface area contributed by atoms with Crippen molar-refractivity contribution in [3.05, 3.63) is 24.3 Å². The van der Waals surface area contributed by atoms with E-state index >= 15 is 0 Å². The molecule has 2 aliphatic rings. The molecule has 0 aliphatic carbocycles. The molecule has 0 radical (unpaired) electrons. The van der Waals surface area contributed by atoms with Crippen LogP contribution in [-0.2, 0) is 4.79 Å². The summed E-state index contributed by atoms with van der Waals surface area (Å²) < 4.78 is 5.69. The molecule has 2 fully saturated rings. The highest BCUT2D eigenvalue weighted by Gasteiger charge is 2.37. The first kappa shape index (κ1) is 13.5. The standard InChI is InChI=1S/C17H23NO2/c1-12(2)20-17-8-6-13(7-9-17)18-14-4-3-5-15(18)11-16(19)10-14/h6-9,12,14-15H,3-5,10-11H2,1-2H3. The average molecular weight is 273 g/mol. The van der Waals surface area contributed by atoms with E-state index in [1.165, 1.54) is 12.1 Å². The number of ether oxygens (including phenoxy) is 1. The van der Waals surface area contributed by atoms with Gasteiger partial charge in [0.25, 0.3) is 0 Å². The lowest BCUT2D eigenvalue weighted by Crippen LogP contribution is -2.52. The molecule has 2 saturated heterocycles. The molecule has 1 aromatic rings. The maximum absolute atomic E-state index is 11.8. The van der Waals surface area contributed by atoms with Gasteiger partial charge < -0.3 is 9.64 Å². The minimum atomic E-state index is 0.202. The third-order valence-corrected chi connectivity index (χ3v) is 4.29. The number of Topliss-reactive ketones (excluding diaryl/α,β-unsaturated/α-hetero) is 1. The number of carbonyl (C=O) groups is 1. The lowest BCUT2D eigenvalue weighted by molar-refractivity contribution is -0.121. The van der Waals surface area contributed by atoms with Crippen LogP contribution in [0.2, 0.25) is 0 Å². The van der Waals surface area contributed by atoms with Gasteiger partial charge in [-0.3, -0.25) is 4.79 Å². The van der Waals surface area contributed by atoms with Crippen LogP contribution in [0.3, 0.4) is 0 Å². The summed E-state index contributed by atoms with van der Waals surface area (Å²) in [4.78, 5) is 14.3. The van der Waals surface area contributed by atoms with Crippen LogP contribution in [0.15, 0.2) is 24.3 Å². The third-order valence-electron chi connectivity index (χ3n) is 4.29. The summed E-state index contributed by atoms with van der Waals surface area (Å²) >= 11 is 0. The van der Waals surface area contributed by atoms with E-state index < -0.39 is 0 Å². The lowest BCUT2D eigenvalue weighted by Gasteiger charge is -2.47. The van der Waals surface area contributed by atoms with Gasteiger partial charge in [-0.1, -0.05) is 0 Å². The fraction of sp³-hybridized carbons (Fsp3) is 0.588. The molecule has 0 spiro atoms. The van der Waals surface area contributed by atoms with Crippen molar-refractivity contribution in [2.45, 2.75) is 64.1 Å². The highest BCUT2D eigenvalue weighted by molar-refractivity contribution is 5.82. The Hall–Kier alpha value is -1.51. The number of fused-ring (bicyclic) bond motifs is 2. The summed E-state index contributed by atoms with van der Waals surface area (Å²) in [6, 6.07) is 9.18. The van der Waals surface area contributed by atoms with Crippen LogP contribution in [0.25, 0.3) is 0 Å². The maximum Gasteiger partial charge on any atom is 0.137 e. The van der Waals surface area contributed by atoms with E-state index in [9.17, 15) is 4.79 Å². The minimum absolute atomic E-state index is 0.202. The number of ketones is 1. The zero-order chi connectivity index (χ0) is 14.1. The number of benzene rings is 1. The number of piperidine rings is 2. The van der Waals surface area contributed by atoms with Crippen molar-refractivity contribution in [2.75, 3.05) is 4.90 Å². The molecule has 0 saturated carbocycles. The zero-order valence-corrected chi connectivity index (χ0v) is 12.3. The average Bonchev–Trinajstić information content (AvgIpc) is 2.38. The van der Waals surface area contributed by atoms with Crippen LogP contribution in [0.1, 0.15) is 46.0 Å².